The third-order valence-corrected chi connectivity index (χ3v) is 5.32. The summed E-state index contributed by atoms with van der Waals surface area (Å²) in [6, 6.07) is 3.52. The fourth-order valence-electron chi connectivity index (χ4n) is 1.77. The van der Waals surface area contributed by atoms with E-state index in [4.69, 9.17) is 10.5 Å². The second kappa shape index (κ2) is 7.20. The molecule has 7 heteroatoms. The fourth-order valence-corrected chi connectivity index (χ4v) is 2.97. The minimum Gasteiger partial charge on any atom is -0.494 e. The highest BCUT2D eigenvalue weighted by Crippen LogP contribution is 2.22. The summed E-state index contributed by atoms with van der Waals surface area (Å²) in [4.78, 5) is -0.0959. The summed E-state index contributed by atoms with van der Waals surface area (Å²) < 4.78 is 44.3. The van der Waals surface area contributed by atoms with Crippen molar-refractivity contribution in [3.8, 4) is 5.75 Å². The number of halogens is 1. The number of nitrogens with two attached hydrogens (primary N) is 1. The number of hydrogen-bond acceptors (Lipinski definition) is 4. The standard InChI is InChI=1S/C14H23FN2O3S/c1-10(2)13(16)7-8-17(3)21(18,19)11-5-6-14(20-4)12(15)9-11/h5-6,9-10,13H,7-8,16H2,1-4H3. The van der Waals surface area contributed by atoms with Crippen molar-refractivity contribution in [1.29, 1.82) is 0 Å². The summed E-state index contributed by atoms with van der Waals surface area (Å²) >= 11 is 0. The summed E-state index contributed by atoms with van der Waals surface area (Å²) in [5, 5.41) is 0. The van der Waals surface area contributed by atoms with Crippen molar-refractivity contribution in [1.82, 2.24) is 4.31 Å². The van der Waals surface area contributed by atoms with E-state index in [1.807, 2.05) is 13.8 Å². The number of ether oxygens (including phenoxy) is 1. The van der Waals surface area contributed by atoms with Crippen LogP contribution in [0.5, 0.6) is 5.75 Å². The van der Waals surface area contributed by atoms with Gasteiger partial charge in [0.15, 0.2) is 11.6 Å². The molecule has 2 N–H and O–H groups in total. The molecule has 0 saturated heterocycles. The Morgan fingerprint density at radius 3 is 2.48 bits per heavy atom. The molecule has 0 aromatic heterocycles. The van der Waals surface area contributed by atoms with E-state index in [9.17, 15) is 12.8 Å². The van der Waals surface area contributed by atoms with Gasteiger partial charge in [-0.2, -0.15) is 0 Å². The molecule has 0 radical (unpaired) electrons. The zero-order valence-corrected chi connectivity index (χ0v) is 13.7. The molecule has 1 rings (SSSR count). The molecular formula is C14H23FN2O3S. The maximum Gasteiger partial charge on any atom is 0.242 e. The lowest BCUT2D eigenvalue weighted by atomic mass is 10.0. The van der Waals surface area contributed by atoms with Crippen molar-refractivity contribution in [3.63, 3.8) is 0 Å². The molecule has 0 bridgehead atoms. The average molecular weight is 318 g/mol. The molecule has 120 valence electrons. The summed E-state index contributed by atoms with van der Waals surface area (Å²) in [7, 11) is -0.937. The Morgan fingerprint density at radius 1 is 1.38 bits per heavy atom. The predicted molar refractivity (Wildman–Crippen MR) is 80.2 cm³/mol. The van der Waals surface area contributed by atoms with Gasteiger partial charge in [0, 0.05) is 19.6 Å². The smallest absolute Gasteiger partial charge is 0.242 e. The Morgan fingerprint density at radius 2 is 2.00 bits per heavy atom. The molecule has 0 aliphatic carbocycles. The van der Waals surface area contributed by atoms with Gasteiger partial charge in [0.2, 0.25) is 10.0 Å². The van der Waals surface area contributed by atoms with E-state index in [1.165, 1.54) is 30.6 Å². The molecule has 1 atom stereocenters. The molecule has 1 aromatic rings. The van der Waals surface area contributed by atoms with Crippen LogP contribution in [0, 0.1) is 11.7 Å². The molecule has 0 saturated carbocycles. The van der Waals surface area contributed by atoms with Gasteiger partial charge >= 0.3 is 0 Å². The molecule has 21 heavy (non-hydrogen) atoms. The molecule has 0 aliphatic rings. The average Bonchev–Trinajstić information content (AvgIpc) is 2.43. The molecule has 1 aromatic carbocycles. The highest BCUT2D eigenvalue weighted by Gasteiger charge is 2.23. The predicted octanol–water partition coefficient (Wildman–Crippen LogP) is 1.83. The molecule has 0 heterocycles. The number of methoxy groups -OCH3 is 1. The Kier molecular flexibility index (Phi) is 6.12. The zero-order valence-electron chi connectivity index (χ0n) is 12.8. The van der Waals surface area contributed by atoms with Gasteiger partial charge in [-0.1, -0.05) is 13.8 Å². The zero-order chi connectivity index (χ0) is 16.2. The Labute approximate surface area is 125 Å². The number of nitrogens with zero attached hydrogens (tertiary/aromatic N) is 1. The van der Waals surface area contributed by atoms with Crippen LogP contribution in [0.4, 0.5) is 4.39 Å². The van der Waals surface area contributed by atoms with Crippen LogP contribution in [-0.4, -0.2) is 39.5 Å². The first-order valence-electron chi connectivity index (χ1n) is 6.75. The van der Waals surface area contributed by atoms with E-state index in [0.717, 1.165) is 6.07 Å². The first-order chi connectivity index (χ1) is 9.70. The third kappa shape index (κ3) is 4.39. The van der Waals surface area contributed by atoms with Crippen molar-refractivity contribution in [2.75, 3.05) is 20.7 Å². The van der Waals surface area contributed by atoms with Crippen LogP contribution < -0.4 is 10.5 Å². The van der Waals surface area contributed by atoms with Crippen molar-refractivity contribution < 1.29 is 17.5 Å². The number of sulfonamides is 1. The lowest BCUT2D eigenvalue weighted by Gasteiger charge is -2.21. The van der Waals surface area contributed by atoms with Gasteiger partial charge in [-0.25, -0.2) is 17.1 Å². The molecule has 0 aliphatic heterocycles. The van der Waals surface area contributed by atoms with E-state index in [1.54, 1.807) is 0 Å². The van der Waals surface area contributed by atoms with E-state index < -0.39 is 15.8 Å². The first-order valence-corrected chi connectivity index (χ1v) is 8.19. The molecule has 0 amide bonds. The fraction of sp³-hybridized carbons (Fsp3) is 0.571. The second-order valence-corrected chi connectivity index (χ2v) is 7.36. The SMILES string of the molecule is COc1ccc(S(=O)(=O)N(C)CCC(N)C(C)C)cc1F. The summed E-state index contributed by atoms with van der Waals surface area (Å²) in [5.41, 5.74) is 5.91. The normalized spacial score (nSPS) is 13.7. The third-order valence-electron chi connectivity index (χ3n) is 3.47. The van der Waals surface area contributed by atoms with Gasteiger partial charge in [0.25, 0.3) is 0 Å². The van der Waals surface area contributed by atoms with Crippen molar-refractivity contribution >= 4 is 10.0 Å². The van der Waals surface area contributed by atoms with E-state index in [2.05, 4.69) is 0 Å². The summed E-state index contributed by atoms with van der Waals surface area (Å²) in [5.74, 6) is -0.413. The quantitative estimate of drug-likeness (QED) is 0.832. The number of hydrogen-bond donors (Lipinski definition) is 1. The van der Waals surface area contributed by atoms with E-state index in [0.29, 0.717) is 6.42 Å². The van der Waals surface area contributed by atoms with Gasteiger partial charge in [-0.3, -0.25) is 0 Å². The van der Waals surface area contributed by atoms with Crippen LogP contribution in [0.25, 0.3) is 0 Å². The van der Waals surface area contributed by atoms with Gasteiger partial charge in [0.1, 0.15) is 0 Å². The molecule has 1 unspecified atom stereocenters. The Balaban J connectivity index is 2.87. The van der Waals surface area contributed by atoms with Crippen molar-refractivity contribution in [2.24, 2.45) is 11.7 Å². The van der Waals surface area contributed by atoms with Crippen LogP contribution in [0.3, 0.4) is 0 Å². The number of rotatable bonds is 7. The van der Waals surface area contributed by atoms with Crippen LogP contribution in [0.1, 0.15) is 20.3 Å². The maximum atomic E-state index is 13.6. The van der Waals surface area contributed by atoms with E-state index in [-0.39, 0.29) is 29.1 Å². The van der Waals surface area contributed by atoms with Crippen LogP contribution in [0.15, 0.2) is 23.1 Å². The molecule has 0 fully saturated rings. The van der Waals surface area contributed by atoms with Crippen LogP contribution >= 0.6 is 0 Å². The molecular weight excluding hydrogens is 295 g/mol. The number of benzene rings is 1. The van der Waals surface area contributed by atoms with Gasteiger partial charge in [-0.05, 0) is 30.5 Å². The minimum absolute atomic E-state index is 0.0124. The lowest BCUT2D eigenvalue weighted by molar-refractivity contribution is 0.384. The van der Waals surface area contributed by atoms with Gasteiger partial charge < -0.3 is 10.5 Å². The summed E-state index contributed by atoms with van der Waals surface area (Å²) in [6.07, 6.45) is 0.548. The topological polar surface area (TPSA) is 72.6 Å². The monoisotopic (exact) mass is 318 g/mol. The highest BCUT2D eigenvalue weighted by molar-refractivity contribution is 7.89. The Bertz CT molecular complexity index is 576. The summed E-state index contributed by atoms with van der Waals surface area (Å²) in [6.45, 7) is 4.26. The second-order valence-electron chi connectivity index (χ2n) is 5.32. The van der Waals surface area contributed by atoms with Gasteiger partial charge in [-0.15, -0.1) is 0 Å². The largest absolute Gasteiger partial charge is 0.494 e. The minimum atomic E-state index is -3.73. The van der Waals surface area contributed by atoms with Crippen molar-refractivity contribution in [3.05, 3.63) is 24.0 Å². The Hall–Kier alpha value is -1.18. The molecule has 0 spiro atoms. The molecule has 5 nitrogen and oxygen atoms in total. The highest BCUT2D eigenvalue weighted by atomic mass is 32.2. The van der Waals surface area contributed by atoms with Crippen LogP contribution in [-0.2, 0) is 10.0 Å². The first kappa shape index (κ1) is 17.9. The van der Waals surface area contributed by atoms with Crippen molar-refractivity contribution in [2.45, 2.75) is 31.2 Å². The van der Waals surface area contributed by atoms with Crippen LogP contribution in [0.2, 0.25) is 0 Å². The van der Waals surface area contributed by atoms with Gasteiger partial charge in [0.05, 0.1) is 12.0 Å². The maximum absolute atomic E-state index is 13.6. The lowest BCUT2D eigenvalue weighted by Crippen LogP contribution is -2.34. The van der Waals surface area contributed by atoms with E-state index >= 15 is 0 Å².